The van der Waals surface area contributed by atoms with E-state index in [0.29, 0.717) is 6.54 Å². The van der Waals surface area contributed by atoms with Gasteiger partial charge in [0.2, 0.25) is 5.91 Å². The quantitative estimate of drug-likeness (QED) is 0.730. The lowest BCUT2D eigenvalue weighted by atomic mass is 10.3. The van der Waals surface area contributed by atoms with Crippen molar-refractivity contribution in [2.75, 3.05) is 6.54 Å². The molecular weight excluding hydrogens is 192 g/mol. The van der Waals surface area contributed by atoms with Gasteiger partial charge in [0.25, 0.3) is 0 Å². The predicted molar refractivity (Wildman–Crippen MR) is 54.8 cm³/mol. The van der Waals surface area contributed by atoms with Crippen LogP contribution in [-0.2, 0) is 11.3 Å². The summed E-state index contributed by atoms with van der Waals surface area (Å²) in [6.07, 6.45) is 2.45. The van der Waals surface area contributed by atoms with E-state index in [1.165, 1.54) is 0 Å². The first-order chi connectivity index (χ1) is 7.16. The molecule has 0 bridgehead atoms. The topological polar surface area (TPSA) is 72.1 Å². The Kier molecular flexibility index (Phi) is 2.64. The van der Waals surface area contributed by atoms with E-state index >= 15 is 0 Å². The van der Waals surface area contributed by atoms with Crippen molar-refractivity contribution in [1.29, 1.82) is 0 Å². The first-order valence-electron chi connectivity index (χ1n) is 5.00. The van der Waals surface area contributed by atoms with Crippen LogP contribution in [0.5, 0.6) is 0 Å². The van der Waals surface area contributed by atoms with Crippen LogP contribution in [-0.4, -0.2) is 33.4 Å². The Bertz CT molecular complexity index is 379. The van der Waals surface area contributed by atoms with Gasteiger partial charge in [0.1, 0.15) is 5.82 Å². The number of carbonyl (C=O) groups is 1. The van der Waals surface area contributed by atoms with Crippen molar-refractivity contribution in [3.8, 4) is 0 Å². The zero-order valence-electron chi connectivity index (χ0n) is 8.68. The molecule has 0 saturated carbocycles. The first kappa shape index (κ1) is 10.0. The fourth-order valence-electron chi connectivity index (χ4n) is 1.71. The number of carbonyl (C=O) groups excluding carboxylic acids is 1. The van der Waals surface area contributed by atoms with Gasteiger partial charge in [0.05, 0.1) is 18.3 Å². The molecule has 80 valence electrons. The summed E-state index contributed by atoms with van der Waals surface area (Å²) in [5, 5.41) is 0. The fourth-order valence-corrected chi connectivity index (χ4v) is 1.71. The highest BCUT2D eigenvalue weighted by Crippen LogP contribution is 2.12. The molecule has 2 N–H and O–H groups in total. The van der Waals surface area contributed by atoms with Gasteiger partial charge in [-0.25, -0.2) is 9.97 Å². The van der Waals surface area contributed by atoms with Crippen molar-refractivity contribution in [3.63, 3.8) is 0 Å². The first-order valence-corrected chi connectivity index (χ1v) is 5.00. The highest BCUT2D eigenvalue weighted by Gasteiger charge is 2.28. The van der Waals surface area contributed by atoms with Crippen LogP contribution in [0.2, 0.25) is 0 Å². The Morgan fingerprint density at radius 1 is 1.67 bits per heavy atom. The van der Waals surface area contributed by atoms with Crippen LogP contribution in [0.1, 0.15) is 17.9 Å². The molecule has 0 radical (unpaired) electrons. The number of aromatic nitrogens is 2. The zero-order chi connectivity index (χ0) is 10.8. The second kappa shape index (κ2) is 3.94. The summed E-state index contributed by atoms with van der Waals surface area (Å²) in [4.78, 5) is 21.6. The van der Waals surface area contributed by atoms with Crippen LogP contribution in [0, 0.1) is 6.92 Å². The molecule has 1 fully saturated rings. The third-order valence-corrected chi connectivity index (χ3v) is 2.53. The molecule has 5 nitrogen and oxygen atoms in total. The molecule has 0 aliphatic carbocycles. The SMILES string of the molecule is Cc1nccc(CN2CCC(N)C2=O)n1. The molecule has 1 aromatic heterocycles. The minimum absolute atomic E-state index is 0.0197. The maximum absolute atomic E-state index is 11.6. The molecule has 1 atom stereocenters. The smallest absolute Gasteiger partial charge is 0.239 e. The number of likely N-dealkylation sites (tertiary alicyclic amines) is 1. The maximum atomic E-state index is 11.6. The van der Waals surface area contributed by atoms with E-state index in [1.54, 1.807) is 11.1 Å². The van der Waals surface area contributed by atoms with Gasteiger partial charge in [-0.3, -0.25) is 4.79 Å². The molecule has 1 saturated heterocycles. The third-order valence-electron chi connectivity index (χ3n) is 2.53. The second-order valence-corrected chi connectivity index (χ2v) is 3.75. The van der Waals surface area contributed by atoms with E-state index in [2.05, 4.69) is 9.97 Å². The van der Waals surface area contributed by atoms with E-state index in [4.69, 9.17) is 5.73 Å². The Morgan fingerprint density at radius 2 is 2.47 bits per heavy atom. The Morgan fingerprint density at radius 3 is 3.07 bits per heavy atom. The normalized spacial score (nSPS) is 21.1. The summed E-state index contributed by atoms with van der Waals surface area (Å²) >= 11 is 0. The molecule has 0 aromatic carbocycles. The largest absolute Gasteiger partial charge is 0.335 e. The van der Waals surface area contributed by atoms with E-state index in [-0.39, 0.29) is 11.9 Å². The van der Waals surface area contributed by atoms with Gasteiger partial charge in [-0.15, -0.1) is 0 Å². The third kappa shape index (κ3) is 2.12. The Labute approximate surface area is 88.3 Å². The molecular formula is C10H14N4O. The summed E-state index contributed by atoms with van der Waals surface area (Å²) in [6, 6.07) is 1.50. The summed E-state index contributed by atoms with van der Waals surface area (Å²) in [5.74, 6) is 0.745. The van der Waals surface area contributed by atoms with Crippen molar-refractivity contribution < 1.29 is 4.79 Å². The van der Waals surface area contributed by atoms with E-state index < -0.39 is 0 Å². The predicted octanol–water partition coefficient (Wildman–Crippen LogP) is -0.155. The molecule has 1 aliphatic rings. The van der Waals surface area contributed by atoms with E-state index in [1.807, 2.05) is 13.0 Å². The van der Waals surface area contributed by atoms with Crippen molar-refractivity contribution in [2.45, 2.75) is 25.9 Å². The van der Waals surface area contributed by atoms with Crippen LogP contribution in [0.25, 0.3) is 0 Å². The van der Waals surface area contributed by atoms with Crippen LogP contribution >= 0.6 is 0 Å². The number of hydrogen-bond acceptors (Lipinski definition) is 4. The van der Waals surface area contributed by atoms with Crippen molar-refractivity contribution in [1.82, 2.24) is 14.9 Å². The highest BCUT2D eigenvalue weighted by molar-refractivity contribution is 5.83. The number of nitrogens with zero attached hydrogens (tertiary/aromatic N) is 3. The molecule has 1 unspecified atom stereocenters. The van der Waals surface area contributed by atoms with Gasteiger partial charge < -0.3 is 10.6 Å². The Hall–Kier alpha value is -1.49. The van der Waals surface area contributed by atoms with Crippen molar-refractivity contribution in [3.05, 3.63) is 23.8 Å². The van der Waals surface area contributed by atoms with Gasteiger partial charge in [-0.05, 0) is 19.4 Å². The van der Waals surface area contributed by atoms with Gasteiger partial charge in [-0.1, -0.05) is 0 Å². The van der Waals surface area contributed by atoms with Gasteiger partial charge in [0.15, 0.2) is 0 Å². The number of nitrogens with two attached hydrogens (primary N) is 1. The number of aryl methyl sites for hydroxylation is 1. The Balaban J connectivity index is 2.06. The molecule has 1 aliphatic heterocycles. The number of hydrogen-bond donors (Lipinski definition) is 1. The van der Waals surface area contributed by atoms with Gasteiger partial charge in [-0.2, -0.15) is 0 Å². The second-order valence-electron chi connectivity index (χ2n) is 3.75. The molecule has 1 aromatic rings. The van der Waals surface area contributed by atoms with Crippen LogP contribution in [0.15, 0.2) is 12.3 Å². The highest BCUT2D eigenvalue weighted by atomic mass is 16.2. The zero-order valence-corrected chi connectivity index (χ0v) is 8.68. The van der Waals surface area contributed by atoms with Crippen LogP contribution in [0.4, 0.5) is 0 Å². The standard InChI is InChI=1S/C10H14N4O/c1-7-12-4-2-8(13-7)6-14-5-3-9(11)10(14)15/h2,4,9H,3,5-6,11H2,1H3. The van der Waals surface area contributed by atoms with Gasteiger partial charge >= 0.3 is 0 Å². The minimum Gasteiger partial charge on any atom is -0.335 e. The molecule has 2 heterocycles. The number of amides is 1. The van der Waals surface area contributed by atoms with E-state index in [9.17, 15) is 4.79 Å². The molecule has 2 rings (SSSR count). The van der Waals surface area contributed by atoms with Crippen LogP contribution in [0.3, 0.4) is 0 Å². The van der Waals surface area contributed by atoms with Crippen molar-refractivity contribution >= 4 is 5.91 Å². The lowest BCUT2D eigenvalue weighted by Crippen LogP contribution is -2.33. The minimum atomic E-state index is -0.326. The molecule has 0 spiro atoms. The monoisotopic (exact) mass is 206 g/mol. The van der Waals surface area contributed by atoms with E-state index in [0.717, 1.165) is 24.5 Å². The molecule has 1 amide bonds. The fraction of sp³-hybridized carbons (Fsp3) is 0.500. The average Bonchev–Trinajstić information content (AvgIpc) is 2.50. The maximum Gasteiger partial charge on any atom is 0.239 e. The molecule has 15 heavy (non-hydrogen) atoms. The molecule has 5 heteroatoms. The lowest BCUT2D eigenvalue weighted by molar-refractivity contribution is -0.129. The average molecular weight is 206 g/mol. The van der Waals surface area contributed by atoms with Crippen LogP contribution < -0.4 is 5.73 Å². The van der Waals surface area contributed by atoms with Gasteiger partial charge in [0, 0.05) is 12.7 Å². The summed E-state index contributed by atoms with van der Waals surface area (Å²) in [7, 11) is 0. The summed E-state index contributed by atoms with van der Waals surface area (Å²) in [5.41, 5.74) is 6.49. The summed E-state index contributed by atoms with van der Waals surface area (Å²) in [6.45, 7) is 3.10. The summed E-state index contributed by atoms with van der Waals surface area (Å²) < 4.78 is 0. The van der Waals surface area contributed by atoms with Crippen molar-refractivity contribution in [2.24, 2.45) is 5.73 Å². The number of rotatable bonds is 2. The lowest BCUT2D eigenvalue weighted by Gasteiger charge is -2.15.